The maximum atomic E-state index is 13.6. The standard InChI is InChI=1S/C19H22F2N2O4S/c1-28(25,26)27-10-12-8-17(16-3-2-15(12)16)19(24)23-18(4-5-22-23)11-6-13(20)9-14(21)7-11/h5-7,9,12,15-18H,2-4,8,10H2,1H3/t12?,15?,16?,17-,18?/m0/s1. The molecule has 5 atom stereocenters. The third kappa shape index (κ3) is 3.69. The summed E-state index contributed by atoms with van der Waals surface area (Å²) in [6.07, 6.45) is 5.41. The Balaban J connectivity index is 1.50. The predicted molar refractivity (Wildman–Crippen MR) is 97.7 cm³/mol. The summed E-state index contributed by atoms with van der Waals surface area (Å²) in [6, 6.07) is 2.73. The molecule has 0 aromatic heterocycles. The van der Waals surface area contributed by atoms with Crippen molar-refractivity contribution >= 4 is 22.2 Å². The average molecular weight is 412 g/mol. The van der Waals surface area contributed by atoms with E-state index in [0.717, 1.165) is 25.2 Å². The highest BCUT2D eigenvalue weighted by Crippen LogP contribution is 2.54. The van der Waals surface area contributed by atoms with E-state index in [4.69, 9.17) is 4.18 Å². The van der Waals surface area contributed by atoms with Crippen LogP contribution in [0.25, 0.3) is 0 Å². The number of rotatable bonds is 5. The fraction of sp³-hybridized carbons (Fsp3) is 0.579. The molecule has 0 spiro atoms. The number of nitrogens with zero attached hydrogens (tertiary/aromatic N) is 2. The predicted octanol–water partition coefficient (Wildman–Crippen LogP) is 2.86. The lowest BCUT2D eigenvalue weighted by Gasteiger charge is -2.37. The molecular weight excluding hydrogens is 390 g/mol. The molecule has 2 aliphatic carbocycles. The van der Waals surface area contributed by atoms with E-state index in [1.165, 1.54) is 17.1 Å². The van der Waals surface area contributed by atoms with Gasteiger partial charge in [-0.1, -0.05) is 0 Å². The monoisotopic (exact) mass is 412 g/mol. The number of fused-ring (bicyclic) bond motifs is 1. The van der Waals surface area contributed by atoms with Crippen molar-refractivity contribution < 1.29 is 26.2 Å². The maximum absolute atomic E-state index is 13.6. The fourth-order valence-corrected chi connectivity index (χ4v) is 5.26. The van der Waals surface area contributed by atoms with Crippen molar-refractivity contribution in [3.8, 4) is 0 Å². The Bertz CT molecular complexity index is 900. The molecule has 0 radical (unpaired) electrons. The summed E-state index contributed by atoms with van der Waals surface area (Å²) >= 11 is 0. The molecule has 1 aromatic carbocycles. The Hall–Kier alpha value is -1.87. The first kappa shape index (κ1) is 19.4. The quantitative estimate of drug-likeness (QED) is 0.697. The molecule has 2 fully saturated rings. The van der Waals surface area contributed by atoms with Crippen LogP contribution in [0.4, 0.5) is 8.78 Å². The van der Waals surface area contributed by atoms with Crippen LogP contribution >= 0.6 is 0 Å². The van der Waals surface area contributed by atoms with Crippen LogP contribution in [0.1, 0.15) is 37.3 Å². The van der Waals surface area contributed by atoms with E-state index in [2.05, 4.69) is 5.10 Å². The van der Waals surface area contributed by atoms with Gasteiger partial charge in [0, 0.05) is 24.6 Å². The van der Waals surface area contributed by atoms with E-state index >= 15 is 0 Å². The zero-order chi connectivity index (χ0) is 20.1. The normalized spacial score (nSPS) is 31.7. The second kappa shape index (κ2) is 7.18. The SMILES string of the molecule is CS(=O)(=O)OCC1C[C@H](C(=O)N2N=CCC2c2cc(F)cc(F)c2)C2CCC12. The highest BCUT2D eigenvalue weighted by atomic mass is 32.2. The maximum Gasteiger partial charge on any atom is 0.264 e. The molecule has 6 nitrogen and oxygen atoms in total. The Morgan fingerprint density at radius 1 is 1.21 bits per heavy atom. The van der Waals surface area contributed by atoms with E-state index in [1.807, 2.05) is 0 Å². The van der Waals surface area contributed by atoms with Crippen LogP contribution in [0.5, 0.6) is 0 Å². The topological polar surface area (TPSA) is 76.0 Å². The van der Waals surface area contributed by atoms with E-state index < -0.39 is 27.8 Å². The van der Waals surface area contributed by atoms with Crippen LogP contribution in [-0.4, -0.2) is 38.4 Å². The number of benzene rings is 1. The smallest absolute Gasteiger partial charge is 0.264 e. The van der Waals surface area contributed by atoms with Crippen molar-refractivity contribution in [2.24, 2.45) is 28.8 Å². The number of hydrogen-bond acceptors (Lipinski definition) is 5. The molecule has 1 amide bonds. The van der Waals surface area contributed by atoms with E-state index in [-0.39, 0.29) is 36.2 Å². The summed E-state index contributed by atoms with van der Waals surface area (Å²) in [4.78, 5) is 13.2. The first-order valence-corrected chi connectivity index (χ1v) is 11.2. The summed E-state index contributed by atoms with van der Waals surface area (Å²) in [5.41, 5.74) is 0.378. The molecule has 2 saturated carbocycles. The lowest BCUT2D eigenvalue weighted by molar-refractivity contribution is -0.139. The zero-order valence-electron chi connectivity index (χ0n) is 15.4. The summed E-state index contributed by atoms with van der Waals surface area (Å²) in [6.45, 7) is 0.0889. The first-order chi connectivity index (χ1) is 13.2. The zero-order valence-corrected chi connectivity index (χ0v) is 16.2. The average Bonchev–Trinajstić information content (AvgIpc) is 3.13. The fourth-order valence-electron chi connectivity index (χ4n) is 4.84. The second-order valence-electron chi connectivity index (χ2n) is 7.93. The molecular formula is C19H22F2N2O4S. The van der Waals surface area contributed by atoms with Gasteiger partial charge in [0.25, 0.3) is 10.1 Å². The van der Waals surface area contributed by atoms with Crippen LogP contribution in [0, 0.1) is 35.3 Å². The summed E-state index contributed by atoms with van der Waals surface area (Å²) in [5.74, 6) is -1.35. The minimum absolute atomic E-state index is 0.0130. The molecule has 9 heteroatoms. The van der Waals surface area contributed by atoms with Gasteiger partial charge in [0.15, 0.2) is 0 Å². The van der Waals surface area contributed by atoms with E-state index in [9.17, 15) is 22.0 Å². The molecule has 3 aliphatic rings. The molecule has 0 bridgehead atoms. The highest BCUT2D eigenvalue weighted by Gasteiger charge is 2.53. The van der Waals surface area contributed by atoms with Crippen molar-refractivity contribution in [2.75, 3.05) is 12.9 Å². The van der Waals surface area contributed by atoms with Crippen LogP contribution < -0.4 is 0 Å². The molecule has 1 aromatic rings. The molecule has 0 N–H and O–H groups in total. The summed E-state index contributed by atoms with van der Waals surface area (Å²) in [5, 5.41) is 5.52. The van der Waals surface area contributed by atoms with Gasteiger partial charge in [0.05, 0.1) is 18.9 Å². The third-order valence-corrected chi connectivity index (χ3v) is 6.77. The third-order valence-electron chi connectivity index (χ3n) is 6.20. The number of amides is 1. The summed E-state index contributed by atoms with van der Waals surface area (Å²) < 4.78 is 54.8. The van der Waals surface area contributed by atoms with Crippen LogP contribution in [0.2, 0.25) is 0 Å². The Labute approximate surface area is 162 Å². The van der Waals surface area contributed by atoms with E-state index in [1.54, 1.807) is 6.21 Å². The van der Waals surface area contributed by atoms with Crippen LogP contribution in [0.3, 0.4) is 0 Å². The Kier molecular flexibility index (Phi) is 4.99. The van der Waals surface area contributed by atoms with Gasteiger partial charge < -0.3 is 0 Å². The Morgan fingerprint density at radius 2 is 1.89 bits per heavy atom. The van der Waals surface area contributed by atoms with Crippen molar-refractivity contribution in [3.05, 3.63) is 35.4 Å². The van der Waals surface area contributed by atoms with Gasteiger partial charge in [-0.2, -0.15) is 13.5 Å². The van der Waals surface area contributed by atoms with Gasteiger partial charge >= 0.3 is 0 Å². The molecule has 28 heavy (non-hydrogen) atoms. The lowest BCUT2D eigenvalue weighted by atomic mass is 9.70. The van der Waals surface area contributed by atoms with E-state index in [0.29, 0.717) is 18.4 Å². The molecule has 4 unspecified atom stereocenters. The number of halogens is 2. The number of carbonyl (C=O) groups is 1. The van der Waals surface area contributed by atoms with Crippen molar-refractivity contribution in [2.45, 2.75) is 31.7 Å². The molecule has 152 valence electrons. The second-order valence-corrected chi connectivity index (χ2v) is 9.58. The largest absolute Gasteiger partial charge is 0.273 e. The molecule has 4 rings (SSSR count). The highest BCUT2D eigenvalue weighted by molar-refractivity contribution is 7.85. The summed E-state index contributed by atoms with van der Waals surface area (Å²) in [7, 11) is -3.52. The van der Waals surface area contributed by atoms with Gasteiger partial charge in [-0.05, 0) is 54.7 Å². The van der Waals surface area contributed by atoms with Crippen molar-refractivity contribution in [1.29, 1.82) is 0 Å². The minimum Gasteiger partial charge on any atom is -0.273 e. The van der Waals surface area contributed by atoms with Gasteiger partial charge in [0.2, 0.25) is 5.91 Å². The molecule has 0 saturated heterocycles. The number of hydrogen-bond donors (Lipinski definition) is 0. The lowest BCUT2D eigenvalue weighted by Crippen LogP contribution is -2.38. The first-order valence-electron chi connectivity index (χ1n) is 9.39. The number of carbonyl (C=O) groups excluding carboxylic acids is 1. The van der Waals surface area contributed by atoms with Gasteiger partial charge in [0.1, 0.15) is 11.6 Å². The van der Waals surface area contributed by atoms with Gasteiger partial charge in [-0.3, -0.25) is 8.98 Å². The number of hydrazone groups is 1. The molecule has 1 aliphatic heterocycles. The van der Waals surface area contributed by atoms with Crippen molar-refractivity contribution in [3.63, 3.8) is 0 Å². The van der Waals surface area contributed by atoms with Gasteiger partial charge in [-0.15, -0.1) is 0 Å². The van der Waals surface area contributed by atoms with Crippen LogP contribution in [0.15, 0.2) is 23.3 Å². The Morgan fingerprint density at radius 3 is 2.50 bits per heavy atom. The van der Waals surface area contributed by atoms with Crippen LogP contribution in [-0.2, 0) is 19.1 Å². The van der Waals surface area contributed by atoms with Gasteiger partial charge in [-0.25, -0.2) is 13.8 Å². The minimum atomic E-state index is -3.52. The molecule has 1 heterocycles. The van der Waals surface area contributed by atoms with Crippen molar-refractivity contribution in [1.82, 2.24) is 5.01 Å².